The zero-order chi connectivity index (χ0) is 19.5. The summed E-state index contributed by atoms with van der Waals surface area (Å²) >= 11 is 7.09. The number of thioether (sulfide) groups is 1. The smallest absolute Gasteiger partial charge is 0.325 e. The molecule has 0 fully saturated rings. The molecular weight excluding hydrogens is 393 g/mol. The average molecular weight is 405 g/mol. The Kier molecular flexibility index (Phi) is 6.14. The first-order chi connectivity index (χ1) is 12.1. The summed E-state index contributed by atoms with van der Waals surface area (Å²) in [5.41, 5.74) is -2.54. The largest absolute Gasteiger partial charge is 0.418 e. The number of non-ortho nitro benzene ring substituents is 1. The lowest BCUT2D eigenvalue weighted by molar-refractivity contribution is -0.385. The molecule has 1 unspecified atom stereocenters. The number of alkyl halides is 3. The van der Waals surface area contributed by atoms with Gasteiger partial charge < -0.3 is 5.32 Å². The van der Waals surface area contributed by atoms with Crippen LogP contribution < -0.4 is 5.32 Å². The summed E-state index contributed by atoms with van der Waals surface area (Å²) in [4.78, 5) is 22.6. The minimum absolute atomic E-state index is 0.390. The Morgan fingerprint density at radius 3 is 2.50 bits per heavy atom. The van der Waals surface area contributed by atoms with Gasteiger partial charge in [-0.15, -0.1) is 11.8 Å². The van der Waals surface area contributed by atoms with E-state index in [1.807, 2.05) is 0 Å². The quantitative estimate of drug-likeness (QED) is 0.412. The topological polar surface area (TPSA) is 72.2 Å². The van der Waals surface area contributed by atoms with Gasteiger partial charge in [-0.1, -0.05) is 23.7 Å². The Labute approximate surface area is 155 Å². The summed E-state index contributed by atoms with van der Waals surface area (Å²) in [7, 11) is 0. The van der Waals surface area contributed by atoms with E-state index in [9.17, 15) is 28.1 Å². The number of hydrogen-bond acceptors (Lipinski definition) is 4. The first-order valence-electron chi connectivity index (χ1n) is 7.17. The number of rotatable bonds is 5. The number of nitrogens with one attached hydrogen (secondary N) is 1. The Balaban J connectivity index is 2.22. The number of nitrogens with zero attached hydrogens (tertiary/aromatic N) is 1. The fourth-order valence-corrected chi connectivity index (χ4v) is 3.16. The maximum absolute atomic E-state index is 13.1. The summed E-state index contributed by atoms with van der Waals surface area (Å²) in [6.45, 7) is 1.52. The first-order valence-corrected chi connectivity index (χ1v) is 8.43. The zero-order valence-electron chi connectivity index (χ0n) is 13.2. The van der Waals surface area contributed by atoms with Crippen LogP contribution in [0.1, 0.15) is 12.5 Å². The fraction of sp³-hybridized carbons (Fsp3) is 0.188. The van der Waals surface area contributed by atoms with Crippen LogP contribution in [0, 0.1) is 10.1 Å². The molecule has 0 radical (unpaired) electrons. The van der Waals surface area contributed by atoms with Crippen molar-refractivity contribution in [3.05, 3.63) is 63.2 Å². The molecule has 1 N–H and O–H groups in total. The second-order valence-corrected chi connectivity index (χ2v) is 6.95. The summed E-state index contributed by atoms with van der Waals surface area (Å²) < 4.78 is 39.4. The highest BCUT2D eigenvalue weighted by atomic mass is 35.5. The van der Waals surface area contributed by atoms with Crippen molar-refractivity contribution in [3.8, 4) is 0 Å². The number of carbonyl (C=O) groups is 1. The normalized spacial score (nSPS) is 12.5. The van der Waals surface area contributed by atoms with Crippen molar-refractivity contribution < 1.29 is 22.9 Å². The van der Waals surface area contributed by atoms with Crippen LogP contribution >= 0.6 is 23.4 Å². The molecule has 0 heterocycles. The molecule has 2 rings (SSSR count). The lowest BCUT2D eigenvalue weighted by Crippen LogP contribution is -2.24. The highest BCUT2D eigenvalue weighted by Crippen LogP contribution is 2.37. The molecule has 5 nitrogen and oxygen atoms in total. The fourth-order valence-electron chi connectivity index (χ4n) is 2.01. The van der Waals surface area contributed by atoms with E-state index in [0.29, 0.717) is 16.0 Å². The van der Waals surface area contributed by atoms with E-state index in [-0.39, 0.29) is 0 Å². The highest BCUT2D eigenvalue weighted by molar-refractivity contribution is 8.00. The van der Waals surface area contributed by atoms with E-state index in [4.69, 9.17) is 11.6 Å². The lowest BCUT2D eigenvalue weighted by Gasteiger charge is -2.16. The monoisotopic (exact) mass is 404 g/mol. The van der Waals surface area contributed by atoms with Crippen LogP contribution in [0.25, 0.3) is 0 Å². The van der Waals surface area contributed by atoms with Crippen LogP contribution in [0.2, 0.25) is 5.02 Å². The second kappa shape index (κ2) is 7.96. The van der Waals surface area contributed by atoms with Crippen molar-refractivity contribution in [3.63, 3.8) is 0 Å². The van der Waals surface area contributed by atoms with Gasteiger partial charge in [-0.3, -0.25) is 14.9 Å². The number of amides is 1. The molecule has 0 aliphatic carbocycles. The van der Waals surface area contributed by atoms with Gasteiger partial charge in [0.15, 0.2) is 0 Å². The molecule has 0 aromatic heterocycles. The molecule has 1 atom stereocenters. The number of halogens is 4. The molecule has 10 heteroatoms. The SMILES string of the molecule is CC(Sc1ccccc1Cl)C(=O)Nc1ccc([N+](=O)[O-])cc1C(F)(F)F. The van der Waals surface area contributed by atoms with Gasteiger partial charge >= 0.3 is 6.18 Å². The number of nitro benzene ring substituents is 1. The van der Waals surface area contributed by atoms with Crippen molar-refractivity contribution in [1.82, 2.24) is 0 Å². The molecule has 0 spiro atoms. The number of hydrogen-bond donors (Lipinski definition) is 1. The van der Waals surface area contributed by atoms with Gasteiger partial charge in [-0.2, -0.15) is 13.2 Å². The first kappa shape index (κ1) is 20.1. The van der Waals surface area contributed by atoms with E-state index >= 15 is 0 Å². The second-order valence-electron chi connectivity index (χ2n) is 5.16. The van der Waals surface area contributed by atoms with Crippen molar-refractivity contribution in [2.45, 2.75) is 23.2 Å². The standard InChI is InChI=1S/C16H12ClF3N2O3S/c1-9(26-14-5-3-2-4-12(14)17)15(23)21-13-7-6-10(22(24)25)8-11(13)16(18,19)20/h2-9H,1H3,(H,21,23). The molecule has 138 valence electrons. The maximum Gasteiger partial charge on any atom is 0.418 e. The van der Waals surface area contributed by atoms with Crippen molar-refractivity contribution in [2.24, 2.45) is 0 Å². The van der Waals surface area contributed by atoms with Crippen LogP contribution in [0.3, 0.4) is 0 Å². The molecule has 0 saturated carbocycles. The van der Waals surface area contributed by atoms with E-state index in [1.54, 1.807) is 24.3 Å². The minimum atomic E-state index is -4.85. The third-order valence-corrected chi connectivity index (χ3v) is 4.91. The molecule has 26 heavy (non-hydrogen) atoms. The Morgan fingerprint density at radius 1 is 1.27 bits per heavy atom. The maximum atomic E-state index is 13.1. The van der Waals surface area contributed by atoms with Crippen LogP contribution in [-0.2, 0) is 11.0 Å². The van der Waals surface area contributed by atoms with Crippen LogP contribution in [-0.4, -0.2) is 16.1 Å². The van der Waals surface area contributed by atoms with Crippen molar-refractivity contribution >= 4 is 40.6 Å². The summed E-state index contributed by atoms with van der Waals surface area (Å²) in [6.07, 6.45) is -4.85. The summed E-state index contributed by atoms with van der Waals surface area (Å²) in [5.74, 6) is -0.686. The van der Waals surface area contributed by atoms with Crippen LogP contribution in [0.5, 0.6) is 0 Å². The average Bonchev–Trinajstić information content (AvgIpc) is 2.56. The Hall–Kier alpha value is -2.26. The van der Waals surface area contributed by atoms with Gasteiger partial charge in [0, 0.05) is 17.0 Å². The molecular formula is C16H12ClF3N2O3S. The van der Waals surface area contributed by atoms with E-state index in [0.717, 1.165) is 23.9 Å². The predicted octanol–water partition coefficient (Wildman–Crippen LogP) is 5.39. The highest BCUT2D eigenvalue weighted by Gasteiger charge is 2.36. The number of carbonyl (C=O) groups excluding carboxylic acids is 1. The van der Waals surface area contributed by atoms with Gasteiger partial charge in [-0.25, -0.2) is 0 Å². The van der Waals surface area contributed by atoms with Crippen LogP contribution in [0.15, 0.2) is 47.4 Å². The zero-order valence-corrected chi connectivity index (χ0v) is 14.8. The minimum Gasteiger partial charge on any atom is -0.325 e. The lowest BCUT2D eigenvalue weighted by atomic mass is 10.1. The molecule has 0 saturated heterocycles. The molecule has 2 aromatic rings. The molecule has 0 bridgehead atoms. The van der Waals surface area contributed by atoms with Gasteiger partial charge in [0.25, 0.3) is 5.69 Å². The summed E-state index contributed by atoms with van der Waals surface area (Å²) in [6, 6.07) is 8.90. The summed E-state index contributed by atoms with van der Waals surface area (Å²) in [5, 5.41) is 12.5. The molecule has 0 aliphatic heterocycles. The Bertz CT molecular complexity index is 846. The molecule has 2 aromatic carbocycles. The Morgan fingerprint density at radius 2 is 1.92 bits per heavy atom. The van der Waals surface area contributed by atoms with Crippen molar-refractivity contribution in [2.75, 3.05) is 5.32 Å². The number of nitro groups is 1. The van der Waals surface area contributed by atoms with Crippen molar-refractivity contribution in [1.29, 1.82) is 0 Å². The number of benzene rings is 2. The number of anilines is 1. The molecule has 1 amide bonds. The van der Waals surface area contributed by atoms with Gasteiger partial charge in [0.1, 0.15) is 0 Å². The molecule has 0 aliphatic rings. The van der Waals surface area contributed by atoms with Gasteiger partial charge in [0.2, 0.25) is 5.91 Å². The van der Waals surface area contributed by atoms with E-state index in [2.05, 4.69) is 5.32 Å². The van der Waals surface area contributed by atoms with Gasteiger partial charge in [-0.05, 0) is 25.1 Å². The van der Waals surface area contributed by atoms with E-state index < -0.39 is 39.2 Å². The third kappa shape index (κ3) is 4.89. The van der Waals surface area contributed by atoms with Gasteiger partial charge in [0.05, 0.1) is 26.4 Å². The van der Waals surface area contributed by atoms with E-state index in [1.165, 1.54) is 6.92 Å². The predicted molar refractivity (Wildman–Crippen MR) is 93.5 cm³/mol. The van der Waals surface area contributed by atoms with Crippen LogP contribution in [0.4, 0.5) is 24.5 Å². The third-order valence-electron chi connectivity index (χ3n) is 3.29.